The van der Waals surface area contributed by atoms with Gasteiger partial charge in [0.05, 0.1) is 5.69 Å². The van der Waals surface area contributed by atoms with Crippen LogP contribution in [-0.2, 0) is 17.8 Å². The number of nitrogens with one attached hydrogen (secondary N) is 1. The van der Waals surface area contributed by atoms with Crippen LogP contribution >= 0.6 is 0 Å². The number of aromatic nitrogens is 3. The summed E-state index contributed by atoms with van der Waals surface area (Å²) in [5.41, 5.74) is 6.24. The average molecular weight is 384 g/mol. The van der Waals surface area contributed by atoms with E-state index in [0.29, 0.717) is 6.54 Å². The zero-order valence-corrected chi connectivity index (χ0v) is 16.7. The predicted molar refractivity (Wildman–Crippen MR) is 116 cm³/mol. The summed E-state index contributed by atoms with van der Waals surface area (Å²) in [6, 6.07) is 20.5. The Balaban J connectivity index is 1.53. The molecular weight excluding hydrogens is 360 g/mol. The molecule has 4 aromatic rings. The van der Waals surface area contributed by atoms with E-state index < -0.39 is 0 Å². The van der Waals surface area contributed by atoms with E-state index in [1.165, 1.54) is 11.1 Å². The first-order valence-corrected chi connectivity index (χ1v) is 9.81. The lowest BCUT2D eigenvalue weighted by Crippen LogP contribution is -2.29. The number of hydrogen-bond acceptors (Lipinski definition) is 3. The van der Waals surface area contributed by atoms with Crippen LogP contribution in [0.1, 0.15) is 16.8 Å². The predicted octanol–water partition coefficient (Wildman–Crippen LogP) is 4.07. The molecule has 0 fully saturated rings. The molecule has 146 valence electrons. The molecule has 29 heavy (non-hydrogen) atoms. The zero-order valence-electron chi connectivity index (χ0n) is 16.7. The van der Waals surface area contributed by atoms with Gasteiger partial charge in [-0.25, -0.2) is 9.67 Å². The van der Waals surface area contributed by atoms with E-state index in [9.17, 15) is 4.79 Å². The highest BCUT2D eigenvalue weighted by Crippen LogP contribution is 2.30. The summed E-state index contributed by atoms with van der Waals surface area (Å²) in [5, 5.41) is 8.57. The van der Waals surface area contributed by atoms with Gasteiger partial charge in [-0.3, -0.25) is 4.79 Å². The lowest BCUT2D eigenvalue weighted by Gasteiger charge is -2.07. The van der Waals surface area contributed by atoms with Gasteiger partial charge in [0.1, 0.15) is 6.54 Å². The molecule has 0 aliphatic carbocycles. The average Bonchev–Trinajstić information content (AvgIpc) is 3.04. The minimum Gasteiger partial charge on any atom is -0.354 e. The smallest absolute Gasteiger partial charge is 0.241 e. The Hall–Kier alpha value is -3.47. The third kappa shape index (κ3) is 4.19. The highest BCUT2D eigenvalue weighted by atomic mass is 16.2. The lowest BCUT2D eigenvalue weighted by atomic mass is 10.0. The fourth-order valence-electron chi connectivity index (χ4n) is 3.63. The molecular formula is C24H24N4O. The molecule has 1 N–H and O–H groups in total. The second-order valence-electron chi connectivity index (χ2n) is 7.26. The van der Waals surface area contributed by atoms with Crippen LogP contribution in [0.25, 0.3) is 22.2 Å². The molecule has 2 aromatic carbocycles. The maximum absolute atomic E-state index is 12.5. The summed E-state index contributed by atoms with van der Waals surface area (Å²) in [7, 11) is 0. The zero-order chi connectivity index (χ0) is 20.2. The second kappa shape index (κ2) is 8.27. The molecule has 0 aliphatic heterocycles. The van der Waals surface area contributed by atoms with Crippen molar-refractivity contribution in [2.75, 3.05) is 6.54 Å². The Morgan fingerprint density at radius 3 is 2.66 bits per heavy atom. The summed E-state index contributed by atoms with van der Waals surface area (Å²) >= 11 is 0. The highest BCUT2D eigenvalue weighted by molar-refractivity contribution is 5.95. The normalized spacial score (nSPS) is 11.0. The van der Waals surface area contributed by atoms with Crippen molar-refractivity contribution in [3.05, 3.63) is 83.7 Å². The molecule has 0 spiro atoms. The molecule has 0 radical (unpaired) electrons. The standard InChI is InChI=1S/C24H24N4O/c1-17-7-6-10-20(15-17)21-12-14-26-24-23(21)18(2)27-28(24)16-22(29)25-13-11-19-8-4-3-5-9-19/h3-10,12,14-15H,11,13,16H2,1-2H3,(H,25,29). The first kappa shape index (κ1) is 18.9. The fourth-order valence-corrected chi connectivity index (χ4v) is 3.63. The van der Waals surface area contributed by atoms with Gasteiger partial charge in [0.2, 0.25) is 5.91 Å². The fraction of sp³-hybridized carbons (Fsp3) is 0.208. The highest BCUT2D eigenvalue weighted by Gasteiger charge is 2.15. The molecule has 0 saturated carbocycles. The van der Waals surface area contributed by atoms with Gasteiger partial charge in [0.25, 0.3) is 0 Å². The summed E-state index contributed by atoms with van der Waals surface area (Å²) in [6.07, 6.45) is 2.59. The van der Waals surface area contributed by atoms with Crippen LogP contribution in [0.4, 0.5) is 0 Å². The van der Waals surface area contributed by atoms with Gasteiger partial charge in [-0.05, 0) is 43.0 Å². The maximum atomic E-state index is 12.5. The topological polar surface area (TPSA) is 59.8 Å². The molecule has 1 amide bonds. The third-order valence-electron chi connectivity index (χ3n) is 5.01. The first-order chi connectivity index (χ1) is 14.1. The van der Waals surface area contributed by atoms with Crippen LogP contribution < -0.4 is 5.32 Å². The molecule has 0 aliphatic rings. The van der Waals surface area contributed by atoms with E-state index >= 15 is 0 Å². The van der Waals surface area contributed by atoms with E-state index in [-0.39, 0.29) is 12.5 Å². The van der Waals surface area contributed by atoms with Gasteiger partial charge in [0, 0.05) is 18.1 Å². The van der Waals surface area contributed by atoms with Crippen molar-refractivity contribution in [3.63, 3.8) is 0 Å². The minimum atomic E-state index is -0.0620. The molecule has 2 heterocycles. The van der Waals surface area contributed by atoms with Crippen molar-refractivity contribution in [2.45, 2.75) is 26.8 Å². The third-order valence-corrected chi connectivity index (χ3v) is 5.01. The van der Waals surface area contributed by atoms with Crippen molar-refractivity contribution in [1.82, 2.24) is 20.1 Å². The van der Waals surface area contributed by atoms with Gasteiger partial charge in [-0.15, -0.1) is 0 Å². The monoisotopic (exact) mass is 384 g/mol. The van der Waals surface area contributed by atoms with Crippen molar-refractivity contribution >= 4 is 16.9 Å². The Kier molecular flexibility index (Phi) is 5.38. The van der Waals surface area contributed by atoms with Gasteiger partial charge >= 0.3 is 0 Å². The lowest BCUT2D eigenvalue weighted by molar-refractivity contribution is -0.121. The van der Waals surface area contributed by atoms with Crippen LogP contribution in [0.3, 0.4) is 0 Å². The van der Waals surface area contributed by atoms with Crippen molar-refractivity contribution in [1.29, 1.82) is 0 Å². The number of carbonyl (C=O) groups is 1. The Labute approximate surface area is 170 Å². The van der Waals surface area contributed by atoms with E-state index in [1.807, 2.05) is 31.2 Å². The van der Waals surface area contributed by atoms with Gasteiger partial charge < -0.3 is 5.32 Å². The quantitative estimate of drug-likeness (QED) is 0.545. The van der Waals surface area contributed by atoms with E-state index in [1.54, 1.807) is 10.9 Å². The van der Waals surface area contributed by atoms with E-state index in [4.69, 9.17) is 0 Å². The number of nitrogens with zero attached hydrogens (tertiary/aromatic N) is 3. The number of pyridine rings is 1. The molecule has 2 aromatic heterocycles. The molecule has 0 saturated heterocycles. The summed E-state index contributed by atoms with van der Waals surface area (Å²) in [4.78, 5) is 17.0. The van der Waals surface area contributed by atoms with Crippen LogP contribution in [0, 0.1) is 13.8 Å². The Morgan fingerprint density at radius 2 is 1.86 bits per heavy atom. The summed E-state index contributed by atoms with van der Waals surface area (Å²) in [5.74, 6) is -0.0620. The number of benzene rings is 2. The number of rotatable bonds is 6. The van der Waals surface area contributed by atoms with Crippen molar-refractivity contribution < 1.29 is 4.79 Å². The maximum Gasteiger partial charge on any atom is 0.241 e. The van der Waals surface area contributed by atoms with Crippen molar-refractivity contribution in [2.24, 2.45) is 0 Å². The van der Waals surface area contributed by atoms with E-state index in [2.05, 4.69) is 58.7 Å². The largest absolute Gasteiger partial charge is 0.354 e. The Morgan fingerprint density at radius 1 is 1.03 bits per heavy atom. The van der Waals surface area contributed by atoms with Crippen LogP contribution in [-0.4, -0.2) is 27.2 Å². The molecule has 5 heteroatoms. The first-order valence-electron chi connectivity index (χ1n) is 9.81. The SMILES string of the molecule is Cc1cccc(-c2ccnc3c2c(C)nn3CC(=O)NCCc2ccccc2)c1. The number of hydrogen-bond donors (Lipinski definition) is 1. The van der Waals surface area contributed by atoms with Crippen LogP contribution in [0.2, 0.25) is 0 Å². The Bertz CT molecular complexity index is 1150. The molecule has 5 nitrogen and oxygen atoms in total. The molecule has 0 unspecified atom stereocenters. The number of aryl methyl sites for hydroxylation is 2. The van der Waals surface area contributed by atoms with Gasteiger partial charge in [0.15, 0.2) is 5.65 Å². The molecule has 0 bridgehead atoms. The number of fused-ring (bicyclic) bond motifs is 1. The number of amides is 1. The summed E-state index contributed by atoms with van der Waals surface area (Å²) < 4.78 is 1.70. The van der Waals surface area contributed by atoms with Crippen LogP contribution in [0.15, 0.2) is 66.9 Å². The van der Waals surface area contributed by atoms with Crippen molar-refractivity contribution in [3.8, 4) is 11.1 Å². The van der Waals surface area contributed by atoms with Gasteiger partial charge in [-0.2, -0.15) is 5.10 Å². The molecule has 0 atom stereocenters. The van der Waals surface area contributed by atoms with E-state index in [0.717, 1.165) is 34.3 Å². The van der Waals surface area contributed by atoms with Crippen LogP contribution in [0.5, 0.6) is 0 Å². The summed E-state index contributed by atoms with van der Waals surface area (Å²) in [6.45, 7) is 4.80. The second-order valence-corrected chi connectivity index (χ2v) is 7.26. The molecule has 4 rings (SSSR count). The number of carbonyl (C=O) groups excluding carboxylic acids is 1. The minimum absolute atomic E-state index is 0.0620. The van der Waals surface area contributed by atoms with Gasteiger partial charge in [-0.1, -0.05) is 60.2 Å².